The fourth-order valence-electron chi connectivity index (χ4n) is 2.23. The molecule has 0 saturated carbocycles. The zero-order valence-corrected chi connectivity index (χ0v) is 15.0. The summed E-state index contributed by atoms with van der Waals surface area (Å²) in [4.78, 5) is 56.5. The molecule has 0 radical (unpaired) electrons. The first kappa shape index (κ1) is 23.9. The predicted molar refractivity (Wildman–Crippen MR) is 97.5 cm³/mol. The lowest BCUT2D eigenvalue weighted by atomic mass is 10.1. The molecule has 0 saturated heterocycles. The molecule has 2 aromatic carbocycles. The van der Waals surface area contributed by atoms with E-state index in [1.165, 1.54) is 6.92 Å². The van der Waals surface area contributed by atoms with Gasteiger partial charge in [0, 0.05) is 23.8 Å². The summed E-state index contributed by atoms with van der Waals surface area (Å²) in [5.74, 6) is 0. The largest absolute Gasteiger partial charge is 0.422 e. The van der Waals surface area contributed by atoms with Gasteiger partial charge in [0.2, 0.25) is 0 Å². The molecule has 0 aromatic heterocycles. The average Bonchev–Trinajstić information content (AvgIpc) is 2.66. The fraction of sp³-hybridized carbons (Fsp3) is 0.0769. The van der Waals surface area contributed by atoms with Gasteiger partial charge in [-0.25, -0.2) is 0 Å². The smallest absolute Gasteiger partial charge is 0.258 e. The highest BCUT2D eigenvalue weighted by molar-refractivity contribution is 5.68. The monoisotopic (exact) mass is 440 g/mol. The van der Waals surface area contributed by atoms with Gasteiger partial charge >= 0.3 is 34.1 Å². The lowest BCUT2D eigenvalue weighted by Gasteiger charge is -1.98. The van der Waals surface area contributed by atoms with Gasteiger partial charge in [-0.3, -0.25) is 60.7 Å². The van der Waals surface area contributed by atoms with Gasteiger partial charge in [0.25, 0.3) is 0 Å². The van der Waals surface area contributed by atoms with Crippen molar-refractivity contribution in [1.82, 2.24) is 0 Å². The maximum absolute atomic E-state index is 10.6. The van der Waals surface area contributed by atoms with Crippen LogP contribution in [0.15, 0.2) is 30.3 Å². The summed E-state index contributed by atoms with van der Waals surface area (Å²) < 4.78 is 0. The summed E-state index contributed by atoms with van der Waals surface area (Å²) in [5.41, 5.74) is -5.71. The number of nitro groups is 6. The Labute approximate surface area is 168 Å². The summed E-state index contributed by atoms with van der Waals surface area (Å²) >= 11 is 0. The Morgan fingerprint density at radius 2 is 0.839 bits per heavy atom. The van der Waals surface area contributed by atoms with E-state index in [4.69, 9.17) is 0 Å². The van der Waals surface area contributed by atoms with E-state index in [-0.39, 0.29) is 5.56 Å². The summed E-state index contributed by atoms with van der Waals surface area (Å²) in [6, 6.07) is 4.67. The Morgan fingerprint density at radius 1 is 0.484 bits per heavy atom. The fourth-order valence-corrected chi connectivity index (χ4v) is 2.23. The second-order valence-electron chi connectivity index (χ2n) is 5.29. The van der Waals surface area contributed by atoms with E-state index in [2.05, 4.69) is 0 Å². The van der Waals surface area contributed by atoms with Gasteiger partial charge in [0.1, 0.15) is 0 Å². The van der Waals surface area contributed by atoms with Crippen molar-refractivity contribution in [2.75, 3.05) is 0 Å². The molecule has 18 heteroatoms. The summed E-state index contributed by atoms with van der Waals surface area (Å²) in [6.07, 6.45) is 0. The Bertz CT molecular complexity index is 1100. The van der Waals surface area contributed by atoms with Crippen LogP contribution in [-0.4, -0.2) is 29.5 Å². The first-order valence-electron chi connectivity index (χ1n) is 7.44. The van der Waals surface area contributed by atoms with E-state index in [1.807, 2.05) is 0 Å². The average molecular weight is 440 g/mol. The minimum absolute atomic E-state index is 0.00213. The number of rotatable bonds is 6. The Hall–Kier alpha value is -5.16. The van der Waals surface area contributed by atoms with E-state index >= 15 is 0 Å². The first-order chi connectivity index (χ1) is 14.3. The van der Waals surface area contributed by atoms with Gasteiger partial charge in [0.05, 0.1) is 29.5 Å². The van der Waals surface area contributed by atoms with Crippen LogP contribution >= 0.6 is 0 Å². The van der Waals surface area contributed by atoms with Gasteiger partial charge in [-0.2, -0.15) is 0 Å². The lowest BCUT2D eigenvalue weighted by molar-refractivity contribution is -0.441. The Balaban J connectivity index is 0.000000311. The molecular formula is C13H8N6O12. The van der Waals surface area contributed by atoms with E-state index in [1.54, 1.807) is 0 Å². The molecule has 2 aromatic rings. The van der Waals surface area contributed by atoms with Crippen LogP contribution in [-0.2, 0) is 0 Å². The molecule has 0 atom stereocenters. The molecular weight excluding hydrogens is 432 g/mol. The van der Waals surface area contributed by atoms with Gasteiger partial charge in [-0.05, 0) is 19.1 Å². The molecule has 0 bridgehead atoms. The molecule has 162 valence electrons. The molecule has 0 heterocycles. The van der Waals surface area contributed by atoms with Crippen LogP contribution in [0.5, 0.6) is 0 Å². The minimum atomic E-state index is -1.14. The lowest BCUT2D eigenvalue weighted by Crippen LogP contribution is -2.02. The molecule has 0 aliphatic rings. The van der Waals surface area contributed by atoms with Crippen LogP contribution in [0.2, 0.25) is 0 Å². The van der Waals surface area contributed by atoms with Crippen molar-refractivity contribution in [3.63, 3.8) is 0 Å². The predicted octanol–water partition coefficient (Wildman–Crippen LogP) is 3.13. The van der Waals surface area contributed by atoms with Crippen molar-refractivity contribution in [1.29, 1.82) is 0 Å². The molecule has 0 unspecified atom stereocenters. The molecule has 0 spiro atoms. The molecule has 0 N–H and O–H groups in total. The highest BCUT2D eigenvalue weighted by Gasteiger charge is 2.37. The maximum Gasteiger partial charge on any atom is 0.422 e. The Kier molecular flexibility index (Phi) is 7.21. The molecule has 31 heavy (non-hydrogen) atoms. The van der Waals surface area contributed by atoms with Crippen LogP contribution in [0.25, 0.3) is 0 Å². The van der Waals surface area contributed by atoms with Crippen molar-refractivity contribution >= 4 is 34.1 Å². The third-order valence-corrected chi connectivity index (χ3v) is 3.46. The number of nitrogens with zero attached hydrogens (tertiary/aromatic N) is 6. The van der Waals surface area contributed by atoms with Gasteiger partial charge in [-0.15, -0.1) is 0 Å². The van der Waals surface area contributed by atoms with Gasteiger partial charge in [0.15, 0.2) is 0 Å². The first-order valence-corrected chi connectivity index (χ1v) is 7.44. The number of benzene rings is 2. The SMILES string of the molecule is Cc1ccc([N+](=O)[O-])c([N+](=O)[O-])c1[N+](=O)[O-].O=[N+]([O-])c1cccc([N+](=O)[O-])c1[N+](=O)[O-]. The number of hydrogen-bond donors (Lipinski definition) is 0. The van der Waals surface area contributed by atoms with Crippen molar-refractivity contribution in [3.05, 3.63) is 96.6 Å². The second kappa shape index (κ2) is 9.36. The summed E-state index contributed by atoms with van der Waals surface area (Å²) in [6.45, 7) is 1.27. The highest BCUT2D eigenvalue weighted by Crippen LogP contribution is 2.38. The normalized spacial score (nSPS) is 9.71. The van der Waals surface area contributed by atoms with Crippen molar-refractivity contribution in [2.24, 2.45) is 0 Å². The van der Waals surface area contributed by atoms with Crippen LogP contribution in [0.1, 0.15) is 5.56 Å². The molecule has 2 rings (SSSR count). The topological polar surface area (TPSA) is 259 Å². The van der Waals surface area contributed by atoms with Crippen molar-refractivity contribution < 1.29 is 29.5 Å². The summed E-state index contributed by atoms with van der Waals surface area (Å²) in [5, 5.41) is 62.9. The Morgan fingerprint density at radius 3 is 1.16 bits per heavy atom. The minimum Gasteiger partial charge on any atom is -0.258 e. The van der Waals surface area contributed by atoms with E-state index in [9.17, 15) is 60.7 Å². The third-order valence-electron chi connectivity index (χ3n) is 3.46. The van der Waals surface area contributed by atoms with Crippen LogP contribution in [0, 0.1) is 67.6 Å². The van der Waals surface area contributed by atoms with Crippen LogP contribution < -0.4 is 0 Å². The number of para-hydroxylation sites is 1. The van der Waals surface area contributed by atoms with E-state index < -0.39 is 63.7 Å². The maximum atomic E-state index is 10.6. The summed E-state index contributed by atoms with van der Waals surface area (Å²) in [7, 11) is 0. The standard InChI is InChI=1S/C7H5N3O6.C6H3N3O6/c1-4-2-3-5(8(11)12)7(10(15)16)6(4)9(13)14;10-7(11)4-2-1-3-5(8(12)13)6(4)9(14)15/h2-3H,1H3;1-3H. The van der Waals surface area contributed by atoms with E-state index in [0.29, 0.717) is 0 Å². The number of nitro benzene ring substituents is 6. The number of aryl methyl sites for hydroxylation is 1. The van der Waals surface area contributed by atoms with Crippen molar-refractivity contribution in [3.8, 4) is 0 Å². The van der Waals surface area contributed by atoms with Crippen LogP contribution in [0.4, 0.5) is 34.1 Å². The molecule has 0 aliphatic heterocycles. The molecule has 18 nitrogen and oxygen atoms in total. The molecule has 0 aliphatic carbocycles. The van der Waals surface area contributed by atoms with Gasteiger partial charge in [-0.1, -0.05) is 0 Å². The third kappa shape index (κ3) is 5.22. The van der Waals surface area contributed by atoms with Crippen molar-refractivity contribution in [2.45, 2.75) is 6.92 Å². The zero-order valence-electron chi connectivity index (χ0n) is 15.0. The molecule has 0 fully saturated rings. The highest BCUT2D eigenvalue weighted by atomic mass is 16.7. The zero-order chi connectivity index (χ0) is 24.0. The second-order valence-corrected chi connectivity index (χ2v) is 5.29. The quantitative estimate of drug-likeness (QED) is 0.463. The van der Waals surface area contributed by atoms with Gasteiger partial charge < -0.3 is 0 Å². The molecule has 0 amide bonds. The van der Waals surface area contributed by atoms with E-state index in [0.717, 1.165) is 30.3 Å². The van der Waals surface area contributed by atoms with Crippen LogP contribution in [0.3, 0.4) is 0 Å². The number of hydrogen-bond acceptors (Lipinski definition) is 12.